The van der Waals surface area contributed by atoms with E-state index in [0.29, 0.717) is 31.2 Å². The number of rotatable bonds is 5. The molecule has 0 radical (unpaired) electrons. The van der Waals surface area contributed by atoms with E-state index >= 15 is 0 Å². The van der Waals surface area contributed by atoms with Crippen molar-refractivity contribution in [1.29, 1.82) is 0 Å². The summed E-state index contributed by atoms with van der Waals surface area (Å²) in [5.41, 5.74) is 0. The third kappa shape index (κ3) is 3.03. The van der Waals surface area contributed by atoms with Crippen LogP contribution in [0.2, 0.25) is 0 Å². The first-order valence-corrected chi connectivity index (χ1v) is 6.99. The predicted molar refractivity (Wildman–Crippen MR) is 67.9 cm³/mol. The summed E-state index contributed by atoms with van der Waals surface area (Å²) in [6.45, 7) is 4.88. The summed E-state index contributed by atoms with van der Waals surface area (Å²) in [5.74, 6) is -0.0732. The van der Waals surface area contributed by atoms with E-state index in [0.717, 1.165) is 5.92 Å². The van der Waals surface area contributed by atoms with E-state index in [1.807, 2.05) is 6.92 Å². The molecule has 2 aliphatic carbocycles. The zero-order valence-corrected chi connectivity index (χ0v) is 11.2. The molecule has 0 aliphatic heterocycles. The monoisotopic (exact) mass is 253 g/mol. The van der Waals surface area contributed by atoms with Gasteiger partial charge >= 0.3 is 5.97 Å². The predicted octanol–water partition coefficient (Wildman–Crippen LogP) is 1.90. The number of aliphatic carboxylic acids is 1. The fourth-order valence-electron chi connectivity index (χ4n) is 3.08. The second kappa shape index (κ2) is 5.29. The molecule has 2 rings (SSSR count). The van der Waals surface area contributed by atoms with Crippen LogP contribution in [0.1, 0.15) is 39.5 Å². The van der Waals surface area contributed by atoms with E-state index in [2.05, 4.69) is 12.2 Å². The number of carboxylic acids is 1. The van der Waals surface area contributed by atoms with Crippen LogP contribution in [0.3, 0.4) is 0 Å². The Bertz CT molecular complexity index is 338. The van der Waals surface area contributed by atoms with Gasteiger partial charge < -0.3 is 10.4 Å². The van der Waals surface area contributed by atoms with Crippen LogP contribution in [0.4, 0.5) is 0 Å². The maximum atomic E-state index is 12.1. The first-order chi connectivity index (χ1) is 8.49. The standard InChI is InChI=1S/C14H23NO3/c1-8-5-11(12(6-8)14(17)18)13(16)15-7-9(2)10-3-4-10/h8-12H,3-7H2,1-2H3,(H,15,16)(H,17,18)/t8?,9?,11-,12+/m0/s1. The summed E-state index contributed by atoms with van der Waals surface area (Å²) in [7, 11) is 0. The minimum absolute atomic E-state index is 0.0562. The molecule has 0 saturated heterocycles. The maximum absolute atomic E-state index is 12.1. The average Bonchev–Trinajstić information content (AvgIpc) is 3.08. The van der Waals surface area contributed by atoms with E-state index in [1.165, 1.54) is 12.8 Å². The summed E-state index contributed by atoms with van der Waals surface area (Å²) in [4.78, 5) is 23.2. The van der Waals surface area contributed by atoms with Gasteiger partial charge in [-0.25, -0.2) is 0 Å². The molecule has 2 aliphatic rings. The van der Waals surface area contributed by atoms with Gasteiger partial charge in [0.1, 0.15) is 0 Å². The Labute approximate surface area is 108 Å². The quantitative estimate of drug-likeness (QED) is 0.786. The molecule has 2 unspecified atom stereocenters. The van der Waals surface area contributed by atoms with Gasteiger partial charge in [-0.3, -0.25) is 9.59 Å². The lowest BCUT2D eigenvalue weighted by Crippen LogP contribution is -2.37. The third-order valence-electron chi connectivity index (χ3n) is 4.48. The van der Waals surface area contributed by atoms with Crippen LogP contribution >= 0.6 is 0 Å². The van der Waals surface area contributed by atoms with Crippen LogP contribution in [0.15, 0.2) is 0 Å². The second-order valence-corrected chi connectivity index (χ2v) is 6.19. The number of carbonyl (C=O) groups excluding carboxylic acids is 1. The molecule has 0 spiro atoms. The molecule has 0 aromatic heterocycles. The summed E-state index contributed by atoms with van der Waals surface area (Å²) in [6.07, 6.45) is 3.89. The van der Waals surface area contributed by atoms with Crippen LogP contribution in [0.25, 0.3) is 0 Å². The fraction of sp³-hybridized carbons (Fsp3) is 0.857. The number of nitrogens with one attached hydrogen (secondary N) is 1. The highest BCUT2D eigenvalue weighted by molar-refractivity contribution is 5.85. The van der Waals surface area contributed by atoms with Crippen molar-refractivity contribution >= 4 is 11.9 Å². The lowest BCUT2D eigenvalue weighted by molar-refractivity contribution is -0.146. The highest BCUT2D eigenvalue weighted by Gasteiger charge is 2.41. The molecule has 4 atom stereocenters. The zero-order valence-electron chi connectivity index (χ0n) is 11.2. The number of amides is 1. The van der Waals surface area contributed by atoms with E-state index < -0.39 is 11.9 Å². The molecule has 4 heteroatoms. The van der Waals surface area contributed by atoms with Crippen LogP contribution in [-0.2, 0) is 9.59 Å². The van der Waals surface area contributed by atoms with E-state index in [1.54, 1.807) is 0 Å². The largest absolute Gasteiger partial charge is 0.481 e. The van der Waals surface area contributed by atoms with Gasteiger partial charge in [-0.2, -0.15) is 0 Å². The Hall–Kier alpha value is -1.06. The van der Waals surface area contributed by atoms with Gasteiger partial charge in [0, 0.05) is 6.54 Å². The van der Waals surface area contributed by atoms with E-state index in [9.17, 15) is 9.59 Å². The van der Waals surface area contributed by atoms with Gasteiger partial charge in [0.25, 0.3) is 0 Å². The van der Waals surface area contributed by atoms with Gasteiger partial charge in [0.05, 0.1) is 11.8 Å². The lowest BCUT2D eigenvalue weighted by atomic mass is 9.95. The minimum Gasteiger partial charge on any atom is -0.481 e. The fourth-order valence-corrected chi connectivity index (χ4v) is 3.08. The van der Waals surface area contributed by atoms with Crippen LogP contribution in [0, 0.1) is 29.6 Å². The Kier molecular flexibility index (Phi) is 3.93. The van der Waals surface area contributed by atoms with Crippen molar-refractivity contribution < 1.29 is 14.7 Å². The van der Waals surface area contributed by atoms with E-state index in [4.69, 9.17) is 5.11 Å². The number of hydrogen-bond acceptors (Lipinski definition) is 2. The lowest BCUT2D eigenvalue weighted by Gasteiger charge is -2.17. The number of hydrogen-bond donors (Lipinski definition) is 2. The molecular weight excluding hydrogens is 230 g/mol. The van der Waals surface area contributed by atoms with Crippen molar-refractivity contribution in [3.8, 4) is 0 Å². The topological polar surface area (TPSA) is 66.4 Å². The van der Waals surface area contributed by atoms with Gasteiger partial charge in [0.15, 0.2) is 0 Å². The molecule has 2 fully saturated rings. The van der Waals surface area contributed by atoms with Crippen molar-refractivity contribution in [2.24, 2.45) is 29.6 Å². The summed E-state index contributed by atoms with van der Waals surface area (Å²) >= 11 is 0. The van der Waals surface area contributed by atoms with Gasteiger partial charge in [-0.15, -0.1) is 0 Å². The molecular formula is C14H23NO3. The normalized spacial score (nSPS) is 33.1. The molecule has 102 valence electrons. The van der Waals surface area contributed by atoms with Gasteiger partial charge in [0.2, 0.25) is 5.91 Å². The smallest absolute Gasteiger partial charge is 0.307 e. The van der Waals surface area contributed by atoms with Crippen molar-refractivity contribution in [3.05, 3.63) is 0 Å². The van der Waals surface area contributed by atoms with Crippen molar-refractivity contribution in [1.82, 2.24) is 5.32 Å². The summed E-state index contributed by atoms with van der Waals surface area (Å²) in [5, 5.41) is 12.1. The van der Waals surface area contributed by atoms with Crippen LogP contribution in [-0.4, -0.2) is 23.5 Å². The molecule has 0 bridgehead atoms. The van der Waals surface area contributed by atoms with Crippen molar-refractivity contribution in [2.75, 3.05) is 6.54 Å². The highest BCUT2D eigenvalue weighted by Crippen LogP contribution is 2.38. The number of carbonyl (C=O) groups is 2. The number of carboxylic acid groups (broad SMARTS) is 1. The minimum atomic E-state index is -0.824. The SMILES string of the molecule is CC1C[C@H](C(=O)NCC(C)C2CC2)[C@H](C(=O)O)C1. The van der Waals surface area contributed by atoms with Gasteiger partial charge in [-0.05, 0) is 43.4 Å². The molecule has 4 nitrogen and oxygen atoms in total. The maximum Gasteiger partial charge on any atom is 0.307 e. The summed E-state index contributed by atoms with van der Waals surface area (Å²) in [6, 6.07) is 0. The van der Waals surface area contributed by atoms with Crippen molar-refractivity contribution in [2.45, 2.75) is 39.5 Å². The Morgan fingerprint density at radius 2 is 1.89 bits per heavy atom. The average molecular weight is 253 g/mol. The first-order valence-electron chi connectivity index (χ1n) is 6.99. The van der Waals surface area contributed by atoms with Crippen molar-refractivity contribution in [3.63, 3.8) is 0 Å². The molecule has 2 N–H and O–H groups in total. The Morgan fingerprint density at radius 1 is 1.28 bits per heavy atom. The molecule has 0 aromatic rings. The Morgan fingerprint density at radius 3 is 2.44 bits per heavy atom. The summed E-state index contributed by atoms with van der Waals surface area (Å²) < 4.78 is 0. The van der Waals surface area contributed by atoms with E-state index in [-0.39, 0.29) is 11.8 Å². The molecule has 18 heavy (non-hydrogen) atoms. The van der Waals surface area contributed by atoms with Gasteiger partial charge in [-0.1, -0.05) is 13.8 Å². The highest BCUT2D eigenvalue weighted by atomic mass is 16.4. The Balaban J connectivity index is 1.84. The van der Waals surface area contributed by atoms with Crippen LogP contribution in [0.5, 0.6) is 0 Å². The second-order valence-electron chi connectivity index (χ2n) is 6.19. The molecule has 2 saturated carbocycles. The zero-order chi connectivity index (χ0) is 13.3. The first kappa shape index (κ1) is 13.4. The van der Waals surface area contributed by atoms with Crippen LogP contribution < -0.4 is 5.32 Å². The third-order valence-corrected chi connectivity index (χ3v) is 4.48. The molecule has 0 heterocycles. The molecule has 0 aromatic carbocycles. The molecule has 1 amide bonds.